The van der Waals surface area contributed by atoms with Crippen LogP contribution in [-0.4, -0.2) is 66.9 Å². The summed E-state index contributed by atoms with van der Waals surface area (Å²) in [4.78, 5) is 40.8. The van der Waals surface area contributed by atoms with Crippen molar-refractivity contribution in [3.05, 3.63) is 179 Å². The average molecular weight is 845 g/mol. The molecule has 1 heterocycles. The molecule has 12 nitrogen and oxygen atoms in total. The maximum atomic E-state index is 14.2. The highest BCUT2D eigenvalue weighted by Crippen LogP contribution is 2.30. The SMILES string of the molecule is CC(C)(C)OC(=O)N[C@@H](CC(=O)N[C@@H]1O[C@H](COCc2ccccc2)[C@@H](OCc2ccccc2)[C@H](OCc2ccccc2)[C@H]1OCc1ccccc1)C(=O)OCc1ccccc1. The number of carbonyl (C=O) groups excluding carboxylic acids is 3. The van der Waals surface area contributed by atoms with E-state index < -0.39 is 66.7 Å². The van der Waals surface area contributed by atoms with Gasteiger partial charge in [-0.2, -0.15) is 0 Å². The first-order valence-corrected chi connectivity index (χ1v) is 20.8. The second-order valence-corrected chi connectivity index (χ2v) is 15.9. The van der Waals surface area contributed by atoms with Gasteiger partial charge in [-0.15, -0.1) is 0 Å². The summed E-state index contributed by atoms with van der Waals surface area (Å²) in [5, 5.41) is 5.51. The Labute approximate surface area is 363 Å². The summed E-state index contributed by atoms with van der Waals surface area (Å²) >= 11 is 0. The molecule has 62 heavy (non-hydrogen) atoms. The summed E-state index contributed by atoms with van der Waals surface area (Å²) in [5.41, 5.74) is 3.59. The highest BCUT2D eigenvalue weighted by atomic mass is 16.6. The minimum absolute atomic E-state index is 0.0651. The summed E-state index contributed by atoms with van der Waals surface area (Å²) in [6.07, 6.45) is -5.76. The number of carbonyl (C=O) groups is 3. The van der Waals surface area contributed by atoms with Gasteiger partial charge in [0.1, 0.15) is 42.7 Å². The summed E-state index contributed by atoms with van der Waals surface area (Å²) in [7, 11) is 0. The number of ether oxygens (including phenoxy) is 7. The van der Waals surface area contributed by atoms with Gasteiger partial charge in [0.05, 0.1) is 39.5 Å². The molecule has 12 heteroatoms. The van der Waals surface area contributed by atoms with Crippen molar-refractivity contribution in [3.8, 4) is 0 Å². The van der Waals surface area contributed by atoms with Crippen LogP contribution in [0.3, 0.4) is 0 Å². The number of esters is 1. The van der Waals surface area contributed by atoms with Gasteiger partial charge in [-0.05, 0) is 48.6 Å². The standard InChI is InChI=1S/C50H56N2O10/c1-50(2,3)62-49(55)51-41(48(54)60-34-40-27-17-8-18-28-40)29-43(53)52-47-46(59-33-39-25-15-7-16-26-39)45(58-32-38-23-13-6-14-24-38)44(57-31-37-21-11-5-12-22-37)42(61-47)35-56-30-36-19-9-4-10-20-36/h4-28,41-42,44-47H,29-35H2,1-3H3,(H,51,55)(H,52,53)/t41-,42+,44+,45-,46+,47+/m0/s1. The first kappa shape index (κ1) is 45.6. The molecule has 326 valence electrons. The van der Waals surface area contributed by atoms with E-state index in [1.54, 1.807) is 32.9 Å². The molecule has 0 unspecified atom stereocenters. The van der Waals surface area contributed by atoms with Crippen LogP contribution in [-0.2, 0) is 75.8 Å². The van der Waals surface area contributed by atoms with E-state index >= 15 is 0 Å². The molecule has 5 aromatic rings. The third-order valence-corrected chi connectivity index (χ3v) is 9.78. The van der Waals surface area contributed by atoms with E-state index in [1.807, 2.05) is 140 Å². The van der Waals surface area contributed by atoms with Crippen molar-refractivity contribution < 1.29 is 47.5 Å². The van der Waals surface area contributed by atoms with Gasteiger partial charge < -0.3 is 43.8 Å². The summed E-state index contributed by atoms with van der Waals surface area (Å²) in [6.45, 7) is 6.01. The number of amides is 2. The van der Waals surface area contributed by atoms with Gasteiger partial charge >= 0.3 is 12.1 Å². The van der Waals surface area contributed by atoms with E-state index in [9.17, 15) is 14.4 Å². The van der Waals surface area contributed by atoms with Crippen LogP contribution in [0, 0.1) is 0 Å². The van der Waals surface area contributed by atoms with Crippen LogP contribution in [0.2, 0.25) is 0 Å². The van der Waals surface area contributed by atoms with E-state index in [0.717, 1.165) is 27.8 Å². The van der Waals surface area contributed by atoms with Crippen molar-refractivity contribution >= 4 is 18.0 Å². The molecule has 0 aromatic heterocycles. The smallest absolute Gasteiger partial charge is 0.408 e. The zero-order valence-electron chi connectivity index (χ0n) is 35.4. The minimum atomic E-state index is -1.40. The lowest BCUT2D eigenvalue weighted by molar-refractivity contribution is -0.277. The topological polar surface area (TPSA) is 140 Å². The van der Waals surface area contributed by atoms with Gasteiger partial charge in [-0.25, -0.2) is 9.59 Å². The van der Waals surface area contributed by atoms with Crippen molar-refractivity contribution in [2.75, 3.05) is 6.61 Å². The fraction of sp³-hybridized carbons (Fsp3) is 0.340. The third kappa shape index (κ3) is 14.9. The van der Waals surface area contributed by atoms with Crippen LogP contribution in [0.4, 0.5) is 4.79 Å². The van der Waals surface area contributed by atoms with Gasteiger partial charge in [0.2, 0.25) is 5.91 Å². The number of hydrogen-bond acceptors (Lipinski definition) is 10. The maximum Gasteiger partial charge on any atom is 0.408 e. The molecule has 0 bridgehead atoms. The predicted molar refractivity (Wildman–Crippen MR) is 232 cm³/mol. The molecular formula is C50H56N2O10. The van der Waals surface area contributed by atoms with E-state index in [0.29, 0.717) is 6.61 Å². The first-order valence-electron chi connectivity index (χ1n) is 20.8. The molecule has 6 rings (SSSR count). The number of hydrogen-bond donors (Lipinski definition) is 2. The highest BCUT2D eigenvalue weighted by Gasteiger charge is 2.49. The molecule has 1 aliphatic heterocycles. The lowest BCUT2D eigenvalue weighted by atomic mass is 9.96. The van der Waals surface area contributed by atoms with Gasteiger partial charge in [-0.1, -0.05) is 152 Å². The zero-order chi connectivity index (χ0) is 43.6. The Bertz CT molecular complexity index is 2090. The van der Waals surface area contributed by atoms with Crippen LogP contribution in [0.1, 0.15) is 55.0 Å². The molecule has 0 spiro atoms. The molecule has 1 fully saturated rings. The van der Waals surface area contributed by atoms with E-state index in [-0.39, 0.29) is 33.0 Å². The molecule has 1 saturated heterocycles. The van der Waals surface area contributed by atoms with Crippen LogP contribution >= 0.6 is 0 Å². The van der Waals surface area contributed by atoms with Crippen molar-refractivity contribution in [2.45, 2.75) is 103 Å². The predicted octanol–water partition coefficient (Wildman–Crippen LogP) is 7.83. The summed E-state index contributed by atoms with van der Waals surface area (Å²) in [5.74, 6) is -1.45. The molecule has 0 radical (unpaired) electrons. The number of rotatable bonds is 20. The Balaban J connectivity index is 1.29. The van der Waals surface area contributed by atoms with Crippen LogP contribution in [0.5, 0.6) is 0 Å². The van der Waals surface area contributed by atoms with Crippen LogP contribution < -0.4 is 10.6 Å². The highest BCUT2D eigenvalue weighted by molar-refractivity contribution is 5.88. The lowest BCUT2D eigenvalue weighted by Gasteiger charge is -2.46. The monoisotopic (exact) mass is 844 g/mol. The van der Waals surface area contributed by atoms with Gasteiger partial charge in [0, 0.05) is 0 Å². The Hall–Kier alpha value is -5.89. The Morgan fingerprint density at radius 2 is 0.984 bits per heavy atom. The number of nitrogens with one attached hydrogen (secondary N) is 2. The fourth-order valence-electron chi connectivity index (χ4n) is 6.78. The van der Waals surface area contributed by atoms with Crippen LogP contribution in [0.15, 0.2) is 152 Å². The summed E-state index contributed by atoms with van der Waals surface area (Å²) in [6, 6.07) is 46.6. The Morgan fingerprint density at radius 3 is 1.45 bits per heavy atom. The largest absolute Gasteiger partial charge is 0.459 e. The summed E-state index contributed by atoms with van der Waals surface area (Å²) < 4.78 is 44.3. The van der Waals surface area contributed by atoms with Gasteiger partial charge in [-0.3, -0.25) is 4.79 Å². The normalized spacial score (nSPS) is 19.2. The minimum Gasteiger partial charge on any atom is -0.459 e. The first-order chi connectivity index (χ1) is 30.1. The van der Waals surface area contributed by atoms with E-state index in [2.05, 4.69) is 10.6 Å². The Kier molecular flexibility index (Phi) is 17.2. The van der Waals surface area contributed by atoms with Crippen molar-refractivity contribution in [2.24, 2.45) is 0 Å². The molecule has 2 amide bonds. The number of benzene rings is 5. The zero-order valence-corrected chi connectivity index (χ0v) is 35.4. The lowest BCUT2D eigenvalue weighted by Crippen LogP contribution is -2.65. The molecule has 5 aromatic carbocycles. The van der Waals surface area contributed by atoms with Crippen molar-refractivity contribution in [1.82, 2.24) is 10.6 Å². The van der Waals surface area contributed by atoms with Crippen LogP contribution in [0.25, 0.3) is 0 Å². The fourth-order valence-corrected chi connectivity index (χ4v) is 6.78. The average Bonchev–Trinajstić information content (AvgIpc) is 3.27. The molecule has 0 aliphatic carbocycles. The van der Waals surface area contributed by atoms with Gasteiger partial charge in [0.25, 0.3) is 0 Å². The van der Waals surface area contributed by atoms with Crippen molar-refractivity contribution in [3.63, 3.8) is 0 Å². The molecular weight excluding hydrogens is 789 g/mol. The van der Waals surface area contributed by atoms with E-state index in [1.165, 1.54) is 0 Å². The molecule has 0 saturated carbocycles. The third-order valence-electron chi connectivity index (χ3n) is 9.78. The van der Waals surface area contributed by atoms with Crippen molar-refractivity contribution in [1.29, 1.82) is 0 Å². The molecule has 6 atom stereocenters. The molecule has 2 N–H and O–H groups in total. The number of alkyl carbamates (subject to hydrolysis) is 1. The Morgan fingerprint density at radius 1 is 0.565 bits per heavy atom. The molecule has 1 aliphatic rings. The maximum absolute atomic E-state index is 14.2. The quantitative estimate of drug-likeness (QED) is 0.0746. The van der Waals surface area contributed by atoms with E-state index in [4.69, 9.17) is 33.2 Å². The second-order valence-electron chi connectivity index (χ2n) is 15.9. The second kappa shape index (κ2) is 23.4. The van der Waals surface area contributed by atoms with Gasteiger partial charge in [0.15, 0.2) is 6.23 Å².